The third-order valence-corrected chi connectivity index (χ3v) is 4.32. The summed E-state index contributed by atoms with van der Waals surface area (Å²) in [5.41, 5.74) is 1.63. The summed E-state index contributed by atoms with van der Waals surface area (Å²) in [5.74, 6) is -1.53. The molecule has 1 N–H and O–H groups in total. The maximum absolute atomic E-state index is 12.5. The number of ether oxygens (including phenoxy) is 3. The number of nitrogens with one attached hydrogen (secondary N) is 1. The van der Waals surface area contributed by atoms with Crippen molar-refractivity contribution in [3.05, 3.63) is 22.5 Å². The Bertz CT molecular complexity index is 671. The highest BCUT2D eigenvalue weighted by Crippen LogP contribution is 2.34. The van der Waals surface area contributed by atoms with E-state index in [1.54, 1.807) is 0 Å². The Hall–Kier alpha value is -0.580. The molecule has 0 unspecified atom stereocenters. The fourth-order valence-electron chi connectivity index (χ4n) is 2.18. The second kappa shape index (κ2) is 10.7. The van der Waals surface area contributed by atoms with E-state index in [1.165, 1.54) is 14.2 Å². The minimum atomic E-state index is -0.758. The average Bonchev–Trinajstić information content (AvgIpc) is 2.94. The number of carbonyl (C=O) groups is 3. The van der Waals surface area contributed by atoms with Gasteiger partial charge in [-0.15, -0.1) is 11.6 Å². The molecule has 0 bridgehead atoms. The fraction of sp³-hybridized carbons (Fsp3) is 0.533. The Balaban J connectivity index is 3.22. The molecule has 0 amide bonds. The minimum Gasteiger partial charge on any atom is -0.469 e. The third-order valence-electron chi connectivity index (χ3n) is 3.37. The van der Waals surface area contributed by atoms with Gasteiger partial charge in [0.15, 0.2) is 2.14 Å². The molecule has 0 aliphatic carbocycles. The van der Waals surface area contributed by atoms with Crippen LogP contribution in [0.5, 0.6) is 0 Å². The summed E-state index contributed by atoms with van der Waals surface area (Å²) in [6, 6.07) is 0. The molecule has 0 spiro atoms. The van der Waals surface area contributed by atoms with Crippen LogP contribution in [-0.4, -0.2) is 45.9 Å². The van der Waals surface area contributed by atoms with E-state index in [4.69, 9.17) is 21.1 Å². The molecule has 0 aliphatic rings. The zero-order valence-electron chi connectivity index (χ0n) is 14.0. The maximum Gasteiger partial charge on any atom is 0.355 e. The molecule has 0 fully saturated rings. The van der Waals surface area contributed by atoms with Gasteiger partial charge in [-0.05, 0) is 17.5 Å². The number of aromatic amines is 1. The summed E-state index contributed by atoms with van der Waals surface area (Å²) in [6.45, 7) is -0.0240. The predicted molar refractivity (Wildman–Crippen MR) is 106 cm³/mol. The van der Waals surface area contributed by atoms with Gasteiger partial charge in [-0.3, -0.25) is 9.59 Å². The molecule has 1 aromatic rings. The molecular formula is C15H17Br3ClNO6. The van der Waals surface area contributed by atoms with Gasteiger partial charge in [-0.1, -0.05) is 47.8 Å². The van der Waals surface area contributed by atoms with Crippen LogP contribution < -0.4 is 0 Å². The number of aromatic nitrogens is 1. The zero-order valence-corrected chi connectivity index (χ0v) is 19.5. The van der Waals surface area contributed by atoms with Gasteiger partial charge < -0.3 is 19.2 Å². The molecule has 1 rings (SSSR count). The normalized spacial score (nSPS) is 11.2. The number of hydrogen-bond acceptors (Lipinski definition) is 6. The molecule has 0 saturated heterocycles. The lowest BCUT2D eigenvalue weighted by atomic mass is 10.0. The number of alkyl halides is 4. The van der Waals surface area contributed by atoms with E-state index in [2.05, 4.69) is 57.5 Å². The van der Waals surface area contributed by atoms with Crippen LogP contribution in [0.15, 0.2) is 0 Å². The number of hydrogen-bond donors (Lipinski definition) is 1. The summed E-state index contributed by atoms with van der Waals surface area (Å²) < 4.78 is 13.8. The van der Waals surface area contributed by atoms with Gasteiger partial charge in [0.1, 0.15) is 12.3 Å². The molecule has 146 valence electrons. The Labute approximate surface area is 180 Å². The Morgan fingerprint density at radius 1 is 1.08 bits per heavy atom. The molecule has 0 radical (unpaired) electrons. The molecule has 1 heterocycles. The summed E-state index contributed by atoms with van der Waals surface area (Å²) in [6.07, 6.45) is 0.126. The van der Waals surface area contributed by atoms with Crippen molar-refractivity contribution in [2.45, 2.75) is 27.3 Å². The van der Waals surface area contributed by atoms with Crippen molar-refractivity contribution in [1.29, 1.82) is 0 Å². The number of halogens is 4. The molecule has 0 atom stereocenters. The zero-order chi connectivity index (χ0) is 19.9. The van der Waals surface area contributed by atoms with Crippen molar-refractivity contribution in [3.63, 3.8) is 0 Å². The third kappa shape index (κ3) is 7.21. The van der Waals surface area contributed by atoms with Crippen molar-refractivity contribution < 1.29 is 28.6 Å². The van der Waals surface area contributed by atoms with E-state index >= 15 is 0 Å². The van der Waals surface area contributed by atoms with Gasteiger partial charge in [0.2, 0.25) is 0 Å². The van der Waals surface area contributed by atoms with E-state index in [0.717, 1.165) is 0 Å². The van der Waals surface area contributed by atoms with Crippen LogP contribution in [0.1, 0.15) is 33.7 Å². The lowest BCUT2D eigenvalue weighted by Gasteiger charge is -2.13. The van der Waals surface area contributed by atoms with E-state index in [9.17, 15) is 14.4 Å². The van der Waals surface area contributed by atoms with Crippen LogP contribution in [0.25, 0.3) is 0 Å². The Morgan fingerprint density at radius 2 is 1.69 bits per heavy atom. The van der Waals surface area contributed by atoms with Crippen molar-refractivity contribution >= 4 is 77.3 Å². The first-order chi connectivity index (χ1) is 12.1. The first kappa shape index (κ1) is 23.5. The largest absolute Gasteiger partial charge is 0.469 e. The van der Waals surface area contributed by atoms with Crippen molar-refractivity contribution in [2.75, 3.05) is 20.8 Å². The number of rotatable bonds is 8. The summed E-state index contributed by atoms with van der Waals surface area (Å²) in [4.78, 5) is 38.6. The molecule has 0 aromatic carbocycles. The van der Waals surface area contributed by atoms with Crippen LogP contribution in [0.4, 0.5) is 0 Å². The van der Waals surface area contributed by atoms with Gasteiger partial charge in [-0.25, -0.2) is 4.79 Å². The van der Waals surface area contributed by atoms with Gasteiger partial charge in [0.25, 0.3) is 0 Å². The molecule has 26 heavy (non-hydrogen) atoms. The van der Waals surface area contributed by atoms with E-state index in [1.807, 2.05) is 0 Å². The number of methoxy groups -OCH3 is 2. The molecule has 11 heteroatoms. The number of H-pyrrole nitrogens is 1. The molecule has 0 saturated carbocycles. The Kier molecular flexibility index (Phi) is 9.63. The topological polar surface area (TPSA) is 94.7 Å². The molecular weight excluding hydrogens is 565 g/mol. The fourth-order valence-corrected chi connectivity index (χ4v) is 2.75. The lowest BCUT2D eigenvalue weighted by Crippen LogP contribution is -2.18. The first-order valence-electron chi connectivity index (χ1n) is 7.29. The second-order valence-corrected chi connectivity index (χ2v) is 12.6. The van der Waals surface area contributed by atoms with E-state index < -0.39 is 20.1 Å². The SMILES string of the molecule is COC(=O)CCc1c(C(=O)OCC(Br)(Br)Br)[nH]c(CCl)c1CC(=O)OC. The molecule has 0 aliphatic heterocycles. The van der Waals surface area contributed by atoms with Crippen LogP contribution in [-0.2, 0) is 42.5 Å². The van der Waals surface area contributed by atoms with Crippen molar-refractivity contribution in [2.24, 2.45) is 0 Å². The quantitative estimate of drug-likeness (QED) is 0.286. The van der Waals surface area contributed by atoms with Crippen LogP contribution >= 0.6 is 59.4 Å². The minimum absolute atomic E-state index is 0.0240. The van der Waals surface area contributed by atoms with Crippen LogP contribution in [0, 0.1) is 0 Å². The summed E-state index contributed by atoms with van der Waals surface area (Å²) >= 11 is 15.6. The predicted octanol–water partition coefficient (Wildman–Crippen LogP) is 3.57. The van der Waals surface area contributed by atoms with Crippen molar-refractivity contribution in [1.82, 2.24) is 4.98 Å². The van der Waals surface area contributed by atoms with Gasteiger partial charge in [-0.2, -0.15) is 0 Å². The summed E-state index contributed by atoms with van der Waals surface area (Å²) in [5, 5.41) is 0. The second-order valence-electron chi connectivity index (χ2n) is 5.09. The van der Waals surface area contributed by atoms with E-state index in [-0.39, 0.29) is 37.4 Å². The summed E-state index contributed by atoms with van der Waals surface area (Å²) in [7, 11) is 2.54. The molecule has 7 nitrogen and oxygen atoms in total. The highest BCUT2D eigenvalue weighted by molar-refractivity contribution is 9.39. The number of carbonyl (C=O) groups excluding carboxylic acids is 3. The van der Waals surface area contributed by atoms with E-state index in [0.29, 0.717) is 16.8 Å². The lowest BCUT2D eigenvalue weighted by molar-refractivity contribution is -0.140. The standard InChI is InChI=1S/C15H17Br3ClNO6/c1-24-11(21)4-3-8-9(5-12(22)25-2)10(6-19)20-13(8)14(23)26-7-15(16,17)18/h20H,3-7H2,1-2H3. The monoisotopic (exact) mass is 579 g/mol. The smallest absolute Gasteiger partial charge is 0.355 e. The van der Waals surface area contributed by atoms with Crippen molar-refractivity contribution in [3.8, 4) is 0 Å². The van der Waals surface area contributed by atoms with Gasteiger partial charge in [0, 0.05) is 12.1 Å². The highest BCUT2D eigenvalue weighted by atomic mass is 80.0. The molecule has 1 aromatic heterocycles. The van der Waals surface area contributed by atoms with Crippen LogP contribution in [0.3, 0.4) is 0 Å². The van der Waals surface area contributed by atoms with Crippen LogP contribution in [0.2, 0.25) is 0 Å². The number of esters is 3. The van der Waals surface area contributed by atoms with Gasteiger partial charge in [0.05, 0.1) is 26.5 Å². The first-order valence-corrected chi connectivity index (χ1v) is 10.2. The van der Waals surface area contributed by atoms with Gasteiger partial charge >= 0.3 is 17.9 Å². The maximum atomic E-state index is 12.5. The average molecular weight is 582 g/mol. The highest BCUT2D eigenvalue weighted by Gasteiger charge is 2.27. The Morgan fingerprint density at radius 3 is 2.19 bits per heavy atom.